The maximum atomic E-state index is 12.9. The maximum absolute atomic E-state index is 12.9. The number of carbonyl (C=O) groups is 4. The standard InChI is InChI=1S/C36H28N2O8S/c1-46-36(43)29-16-10-25(11-17-29)23-6-12-27(13-7-23)34(41)37-31-20-18-26(19-21-31)24-8-14-28(15-9-24)35(42)38-47(44,45)32-5-3-2-4-30(32)22-33(39)40/h2-21H,22H2,1H3,(H,37,41)(H,38,42)(H,39,40). The van der Waals surface area contributed by atoms with E-state index in [-0.39, 0.29) is 21.9 Å². The lowest BCUT2D eigenvalue weighted by atomic mass is 10.0. The van der Waals surface area contributed by atoms with Crippen LogP contribution in [0.5, 0.6) is 0 Å². The van der Waals surface area contributed by atoms with Crippen LogP contribution in [0.3, 0.4) is 0 Å². The number of ether oxygens (including phenoxy) is 1. The molecule has 0 bridgehead atoms. The molecule has 0 aliphatic rings. The summed E-state index contributed by atoms with van der Waals surface area (Å²) in [7, 11) is -2.99. The molecule has 0 fully saturated rings. The third-order valence-electron chi connectivity index (χ3n) is 7.24. The van der Waals surface area contributed by atoms with Gasteiger partial charge in [-0.1, -0.05) is 66.7 Å². The average molecular weight is 649 g/mol. The number of benzene rings is 5. The monoisotopic (exact) mass is 648 g/mol. The topological polar surface area (TPSA) is 156 Å². The van der Waals surface area contributed by atoms with E-state index in [1.807, 2.05) is 29.0 Å². The van der Waals surface area contributed by atoms with Gasteiger partial charge >= 0.3 is 11.9 Å². The average Bonchev–Trinajstić information content (AvgIpc) is 3.08. The Labute approximate surface area is 270 Å². The van der Waals surface area contributed by atoms with E-state index in [0.29, 0.717) is 16.8 Å². The minimum atomic E-state index is -4.31. The van der Waals surface area contributed by atoms with Crippen molar-refractivity contribution in [2.75, 3.05) is 12.4 Å². The van der Waals surface area contributed by atoms with Gasteiger partial charge in [0.25, 0.3) is 21.8 Å². The Bertz CT molecular complexity index is 2060. The van der Waals surface area contributed by atoms with Crippen LogP contribution in [0, 0.1) is 0 Å². The molecule has 5 aromatic rings. The smallest absolute Gasteiger partial charge is 0.337 e. The molecule has 11 heteroatoms. The molecule has 3 N–H and O–H groups in total. The molecule has 0 aromatic heterocycles. The van der Waals surface area contributed by atoms with Crippen molar-refractivity contribution < 1.29 is 37.4 Å². The van der Waals surface area contributed by atoms with Crippen molar-refractivity contribution in [3.63, 3.8) is 0 Å². The molecular formula is C36H28N2O8S. The maximum Gasteiger partial charge on any atom is 0.337 e. The number of carboxylic acids is 1. The van der Waals surface area contributed by atoms with E-state index in [0.717, 1.165) is 22.3 Å². The number of carboxylic acid groups (broad SMARTS) is 1. The third kappa shape index (κ3) is 7.78. The molecule has 10 nitrogen and oxygen atoms in total. The van der Waals surface area contributed by atoms with Gasteiger partial charge in [0.1, 0.15) is 0 Å². The Hall–Kier alpha value is -6.07. The number of methoxy groups -OCH3 is 1. The fraction of sp³-hybridized carbons (Fsp3) is 0.0556. The number of rotatable bonds is 10. The molecule has 2 amide bonds. The molecule has 47 heavy (non-hydrogen) atoms. The van der Waals surface area contributed by atoms with Crippen LogP contribution in [-0.4, -0.2) is 44.4 Å². The SMILES string of the molecule is COC(=O)c1ccc(-c2ccc(C(=O)Nc3ccc(-c4ccc(C(=O)NS(=O)(=O)c5ccccc5CC(=O)O)cc4)cc3)cc2)cc1. The Morgan fingerprint density at radius 1 is 0.617 bits per heavy atom. The van der Waals surface area contributed by atoms with E-state index in [1.54, 1.807) is 60.7 Å². The molecule has 5 aromatic carbocycles. The summed E-state index contributed by atoms with van der Waals surface area (Å²) in [5.74, 6) is -2.76. The number of carbonyl (C=O) groups excluding carboxylic acids is 3. The fourth-order valence-corrected chi connectivity index (χ4v) is 6.02. The highest BCUT2D eigenvalue weighted by molar-refractivity contribution is 7.90. The summed E-state index contributed by atoms with van der Waals surface area (Å²) in [6.07, 6.45) is -0.507. The Morgan fingerprint density at radius 2 is 1.06 bits per heavy atom. The van der Waals surface area contributed by atoms with Crippen molar-refractivity contribution >= 4 is 39.5 Å². The summed E-state index contributed by atoms with van der Waals surface area (Å²) in [4.78, 5) is 48.1. The van der Waals surface area contributed by atoms with Gasteiger partial charge in [0.05, 0.1) is 24.0 Å². The first-order valence-corrected chi connectivity index (χ1v) is 15.7. The lowest BCUT2D eigenvalue weighted by molar-refractivity contribution is -0.136. The number of aliphatic carboxylic acids is 1. The van der Waals surface area contributed by atoms with E-state index in [1.165, 1.54) is 43.5 Å². The Balaban J connectivity index is 1.20. The van der Waals surface area contributed by atoms with Crippen LogP contribution in [0.2, 0.25) is 0 Å². The molecule has 0 saturated carbocycles. The number of nitrogens with one attached hydrogen (secondary N) is 2. The van der Waals surface area contributed by atoms with Crippen LogP contribution < -0.4 is 10.0 Å². The Kier molecular flexibility index (Phi) is 9.58. The van der Waals surface area contributed by atoms with Crippen molar-refractivity contribution in [1.29, 1.82) is 0 Å². The molecule has 0 aliphatic heterocycles. The van der Waals surface area contributed by atoms with Gasteiger partial charge in [-0.05, 0) is 82.4 Å². The second-order valence-electron chi connectivity index (χ2n) is 10.4. The van der Waals surface area contributed by atoms with Crippen molar-refractivity contribution in [1.82, 2.24) is 4.72 Å². The van der Waals surface area contributed by atoms with E-state index in [4.69, 9.17) is 9.84 Å². The lowest BCUT2D eigenvalue weighted by Gasteiger charge is -2.11. The van der Waals surface area contributed by atoms with Gasteiger partial charge in [-0.3, -0.25) is 14.4 Å². The molecule has 0 aliphatic carbocycles. The van der Waals surface area contributed by atoms with E-state index >= 15 is 0 Å². The predicted octanol–water partition coefficient (Wildman–Crippen LogP) is 5.81. The summed E-state index contributed by atoms with van der Waals surface area (Å²) in [5.41, 5.74) is 4.97. The van der Waals surface area contributed by atoms with Crippen molar-refractivity contribution in [3.8, 4) is 22.3 Å². The lowest BCUT2D eigenvalue weighted by Crippen LogP contribution is -2.31. The minimum absolute atomic E-state index is 0.0639. The molecular weight excluding hydrogens is 620 g/mol. The zero-order valence-electron chi connectivity index (χ0n) is 25.0. The highest BCUT2D eigenvalue weighted by Gasteiger charge is 2.22. The van der Waals surface area contributed by atoms with Gasteiger partial charge in [-0.2, -0.15) is 0 Å². The molecule has 0 atom stereocenters. The second kappa shape index (κ2) is 13.9. The number of hydrogen-bond donors (Lipinski definition) is 3. The first-order chi connectivity index (χ1) is 22.5. The largest absolute Gasteiger partial charge is 0.481 e. The first-order valence-electron chi connectivity index (χ1n) is 14.2. The van der Waals surface area contributed by atoms with E-state index in [9.17, 15) is 27.6 Å². The number of anilines is 1. The van der Waals surface area contributed by atoms with Gasteiger partial charge in [0.2, 0.25) is 0 Å². The Morgan fingerprint density at radius 3 is 1.55 bits per heavy atom. The van der Waals surface area contributed by atoms with Crippen molar-refractivity contribution in [3.05, 3.63) is 144 Å². The van der Waals surface area contributed by atoms with Crippen LogP contribution in [0.1, 0.15) is 36.6 Å². The zero-order chi connectivity index (χ0) is 33.6. The van der Waals surface area contributed by atoms with E-state index < -0.39 is 34.3 Å². The highest BCUT2D eigenvalue weighted by Crippen LogP contribution is 2.24. The van der Waals surface area contributed by atoms with Crippen LogP contribution in [0.15, 0.2) is 126 Å². The van der Waals surface area contributed by atoms with Crippen LogP contribution >= 0.6 is 0 Å². The third-order valence-corrected chi connectivity index (χ3v) is 8.67. The normalized spacial score (nSPS) is 10.9. The molecule has 5 rings (SSSR count). The van der Waals surface area contributed by atoms with Crippen molar-refractivity contribution in [2.45, 2.75) is 11.3 Å². The number of hydrogen-bond acceptors (Lipinski definition) is 7. The second-order valence-corrected chi connectivity index (χ2v) is 12.0. The van der Waals surface area contributed by atoms with E-state index in [2.05, 4.69) is 5.32 Å². The molecule has 0 unspecified atom stereocenters. The van der Waals surface area contributed by atoms with Crippen LogP contribution in [0.4, 0.5) is 5.69 Å². The van der Waals surface area contributed by atoms with Crippen molar-refractivity contribution in [2.24, 2.45) is 0 Å². The predicted molar refractivity (Wildman–Crippen MR) is 175 cm³/mol. The summed E-state index contributed by atoms with van der Waals surface area (Å²) in [6.45, 7) is 0. The first kappa shape index (κ1) is 32.3. The molecule has 0 radical (unpaired) electrons. The zero-order valence-corrected chi connectivity index (χ0v) is 25.8. The summed E-state index contributed by atoms with van der Waals surface area (Å²) in [5, 5.41) is 12.0. The molecule has 0 saturated heterocycles. The highest BCUT2D eigenvalue weighted by atomic mass is 32.2. The van der Waals surface area contributed by atoms with Gasteiger partial charge in [-0.15, -0.1) is 0 Å². The minimum Gasteiger partial charge on any atom is -0.481 e. The van der Waals surface area contributed by atoms with Gasteiger partial charge < -0.3 is 15.2 Å². The van der Waals surface area contributed by atoms with Gasteiger partial charge in [0, 0.05) is 16.8 Å². The number of sulfonamides is 1. The number of amides is 2. The summed E-state index contributed by atoms with van der Waals surface area (Å²) in [6, 6.07) is 33.0. The molecule has 0 heterocycles. The number of esters is 1. The summed E-state index contributed by atoms with van der Waals surface area (Å²) < 4.78 is 32.4. The van der Waals surface area contributed by atoms with Gasteiger partial charge in [0.15, 0.2) is 0 Å². The van der Waals surface area contributed by atoms with Crippen LogP contribution in [-0.2, 0) is 26.0 Å². The fourth-order valence-electron chi connectivity index (χ4n) is 4.80. The quantitative estimate of drug-likeness (QED) is 0.160. The summed E-state index contributed by atoms with van der Waals surface area (Å²) >= 11 is 0. The molecule has 0 spiro atoms. The van der Waals surface area contributed by atoms with Gasteiger partial charge in [-0.25, -0.2) is 17.9 Å². The van der Waals surface area contributed by atoms with Crippen LogP contribution in [0.25, 0.3) is 22.3 Å². The molecule has 236 valence electrons.